The predicted octanol–water partition coefficient (Wildman–Crippen LogP) is 2.38. The molecule has 0 saturated heterocycles. The van der Waals surface area contributed by atoms with E-state index in [0.29, 0.717) is 5.56 Å². The number of nitrogens with zero attached hydrogens (tertiary/aromatic N) is 2. The number of amidine groups is 1. The molecule has 0 atom stereocenters. The summed E-state index contributed by atoms with van der Waals surface area (Å²) in [4.78, 5) is 4.31. The summed E-state index contributed by atoms with van der Waals surface area (Å²) < 4.78 is 0. The van der Waals surface area contributed by atoms with Crippen LogP contribution in [0, 0.1) is 18.3 Å². The Labute approximate surface area is 93.2 Å². The average Bonchev–Trinajstić information content (AvgIpc) is 2.74. The van der Waals surface area contributed by atoms with Crippen molar-refractivity contribution in [2.45, 2.75) is 6.92 Å². The summed E-state index contributed by atoms with van der Waals surface area (Å²) in [5, 5.41) is 13.0. The maximum atomic E-state index is 8.80. The van der Waals surface area contributed by atoms with E-state index in [9.17, 15) is 0 Å². The van der Waals surface area contributed by atoms with Gasteiger partial charge in [0.05, 0.1) is 18.2 Å². The highest BCUT2D eigenvalue weighted by Gasteiger charge is 2.08. The molecule has 1 N–H and O–H groups in total. The first-order valence-electron chi connectivity index (χ1n) is 4.74. The number of anilines is 1. The zero-order chi connectivity index (χ0) is 10.7. The lowest BCUT2D eigenvalue weighted by molar-refractivity contribution is 1.17. The molecule has 76 valence electrons. The summed E-state index contributed by atoms with van der Waals surface area (Å²) in [6.07, 6.45) is 0. The summed E-state index contributed by atoms with van der Waals surface area (Å²) >= 11 is 1.72. The predicted molar refractivity (Wildman–Crippen MR) is 64.3 cm³/mol. The van der Waals surface area contributed by atoms with Crippen molar-refractivity contribution >= 4 is 22.6 Å². The number of hydrogen-bond donors (Lipinski definition) is 1. The number of rotatable bonds is 1. The SMILES string of the molecule is Cc1ccc(C#N)cc1NC1=NCCS1. The van der Waals surface area contributed by atoms with Gasteiger partial charge in [0, 0.05) is 11.4 Å². The van der Waals surface area contributed by atoms with Crippen molar-refractivity contribution in [3.8, 4) is 6.07 Å². The summed E-state index contributed by atoms with van der Waals surface area (Å²) in [7, 11) is 0. The van der Waals surface area contributed by atoms with Gasteiger partial charge in [-0.25, -0.2) is 0 Å². The molecule has 0 aromatic heterocycles. The Balaban J connectivity index is 2.23. The quantitative estimate of drug-likeness (QED) is 0.785. The van der Waals surface area contributed by atoms with E-state index < -0.39 is 0 Å². The van der Waals surface area contributed by atoms with Gasteiger partial charge in [0.2, 0.25) is 0 Å². The van der Waals surface area contributed by atoms with E-state index in [1.807, 2.05) is 25.1 Å². The summed E-state index contributed by atoms with van der Waals surface area (Å²) in [5.41, 5.74) is 2.78. The van der Waals surface area contributed by atoms with Crippen molar-refractivity contribution in [1.82, 2.24) is 0 Å². The summed E-state index contributed by atoms with van der Waals surface area (Å²) in [5.74, 6) is 1.04. The van der Waals surface area contributed by atoms with Gasteiger partial charge in [-0.15, -0.1) is 0 Å². The highest BCUT2D eigenvalue weighted by molar-refractivity contribution is 8.14. The Kier molecular flexibility index (Phi) is 2.93. The molecule has 0 radical (unpaired) electrons. The largest absolute Gasteiger partial charge is 0.335 e. The van der Waals surface area contributed by atoms with Crippen LogP contribution < -0.4 is 5.32 Å². The number of aryl methyl sites for hydroxylation is 1. The number of hydrogen-bond acceptors (Lipinski definition) is 4. The number of thioether (sulfide) groups is 1. The molecule has 1 aromatic rings. The lowest BCUT2D eigenvalue weighted by Gasteiger charge is -2.08. The van der Waals surface area contributed by atoms with Crippen molar-refractivity contribution < 1.29 is 0 Å². The molecule has 0 saturated carbocycles. The minimum Gasteiger partial charge on any atom is -0.335 e. The monoisotopic (exact) mass is 217 g/mol. The van der Waals surface area contributed by atoms with E-state index >= 15 is 0 Å². The second-order valence-electron chi connectivity index (χ2n) is 3.30. The number of benzene rings is 1. The van der Waals surface area contributed by atoms with Crippen LogP contribution in [0.5, 0.6) is 0 Å². The normalized spacial score (nSPS) is 14.5. The van der Waals surface area contributed by atoms with Gasteiger partial charge in [-0.1, -0.05) is 17.8 Å². The first-order chi connectivity index (χ1) is 7.29. The van der Waals surface area contributed by atoms with Crippen LogP contribution in [0.3, 0.4) is 0 Å². The van der Waals surface area contributed by atoms with Crippen molar-refractivity contribution in [3.05, 3.63) is 29.3 Å². The van der Waals surface area contributed by atoms with Crippen LogP contribution in [-0.2, 0) is 0 Å². The van der Waals surface area contributed by atoms with Gasteiger partial charge in [0.1, 0.15) is 0 Å². The number of nitriles is 1. The first-order valence-corrected chi connectivity index (χ1v) is 5.73. The van der Waals surface area contributed by atoms with E-state index in [0.717, 1.165) is 28.7 Å². The first kappa shape index (κ1) is 10.1. The van der Waals surface area contributed by atoms with Gasteiger partial charge in [-0.05, 0) is 24.6 Å². The van der Waals surface area contributed by atoms with E-state index in [2.05, 4.69) is 16.4 Å². The van der Waals surface area contributed by atoms with Crippen LogP contribution in [0.1, 0.15) is 11.1 Å². The van der Waals surface area contributed by atoms with Gasteiger partial charge < -0.3 is 5.32 Å². The molecule has 2 rings (SSSR count). The van der Waals surface area contributed by atoms with Crippen molar-refractivity contribution in [1.29, 1.82) is 5.26 Å². The molecule has 0 spiro atoms. The zero-order valence-corrected chi connectivity index (χ0v) is 9.27. The Morgan fingerprint density at radius 1 is 1.53 bits per heavy atom. The van der Waals surface area contributed by atoms with E-state index in [-0.39, 0.29) is 0 Å². The standard InChI is InChI=1S/C11H11N3S/c1-8-2-3-9(7-12)6-10(8)14-11-13-4-5-15-11/h2-3,6H,4-5H2,1H3,(H,13,14). The molecular formula is C11H11N3S. The Bertz CT molecular complexity index is 446. The fraction of sp³-hybridized carbons (Fsp3) is 0.273. The minimum atomic E-state index is 0.673. The molecule has 1 aliphatic heterocycles. The van der Waals surface area contributed by atoms with Gasteiger partial charge in [0.25, 0.3) is 0 Å². The Hall–Kier alpha value is -1.47. The van der Waals surface area contributed by atoms with Crippen LogP contribution >= 0.6 is 11.8 Å². The maximum absolute atomic E-state index is 8.80. The highest BCUT2D eigenvalue weighted by atomic mass is 32.2. The second-order valence-corrected chi connectivity index (χ2v) is 4.39. The van der Waals surface area contributed by atoms with E-state index in [4.69, 9.17) is 5.26 Å². The fourth-order valence-corrected chi connectivity index (χ4v) is 2.09. The molecule has 15 heavy (non-hydrogen) atoms. The molecule has 0 fully saturated rings. The molecule has 0 bridgehead atoms. The average molecular weight is 217 g/mol. The Morgan fingerprint density at radius 3 is 3.07 bits per heavy atom. The second kappa shape index (κ2) is 4.37. The van der Waals surface area contributed by atoms with Crippen molar-refractivity contribution in [3.63, 3.8) is 0 Å². The lowest BCUT2D eigenvalue weighted by atomic mass is 10.1. The summed E-state index contributed by atoms with van der Waals surface area (Å²) in [6.45, 7) is 2.90. The van der Waals surface area contributed by atoms with Crippen molar-refractivity contribution in [2.75, 3.05) is 17.6 Å². The molecule has 3 nitrogen and oxygen atoms in total. The van der Waals surface area contributed by atoms with E-state index in [1.165, 1.54) is 0 Å². The molecule has 1 heterocycles. The van der Waals surface area contributed by atoms with Crippen molar-refractivity contribution in [2.24, 2.45) is 4.99 Å². The molecule has 1 aromatic carbocycles. The number of aliphatic imine (C=N–C) groups is 1. The molecule has 1 aliphatic rings. The van der Waals surface area contributed by atoms with Gasteiger partial charge in [-0.2, -0.15) is 5.26 Å². The van der Waals surface area contributed by atoms with Crippen LogP contribution in [-0.4, -0.2) is 17.5 Å². The fourth-order valence-electron chi connectivity index (χ4n) is 1.35. The third kappa shape index (κ3) is 2.31. The topological polar surface area (TPSA) is 48.2 Å². The third-order valence-corrected chi connectivity index (χ3v) is 3.09. The highest BCUT2D eigenvalue weighted by Crippen LogP contribution is 2.20. The lowest BCUT2D eigenvalue weighted by Crippen LogP contribution is -2.06. The molecular weight excluding hydrogens is 206 g/mol. The van der Waals surface area contributed by atoms with Crippen LogP contribution in [0.25, 0.3) is 0 Å². The maximum Gasteiger partial charge on any atom is 0.161 e. The zero-order valence-electron chi connectivity index (χ0n) is 8.45. The molecule has 0 aliphatic carbocycles. The van der Waals surface area contributed by atoms with Gasteiger partial charge >= 0.3 is 0 Å². The molecule has 0 unspecified atom stereocenters. The van der Waals surface area contributed by atoms with Gasteiger partial charge in [-0.3, -0.25) is 4.99 Å². The summed E-state index contributed by atoms with van der Waals surface area (Å²) in [6, 6.07) is 7.76. The molecule has 0 amide bonds. The Morgan fingerprint density at radius 2 is 2.40 bits per heavy atom. The van der Waals surface area contributed by atoms with Crippen LogP contribution in [0.4, 0.5) is 5.69 Å². The van der Waals surface area contributed by atoms with E-state index in [1.54, 1.807) is 11.8 Å². The molecule has 4 heteroatoms. The minimum absolute atomic E-state index is 0.673. The van der Waals surface area contributed by atoms with Crippen LogP contribution in [0.15, 0.2) is 23.2 Å². The third-order valence-electron chi connectivity index (χ3n) is 2.19. The van der Waals surface area contributed by atoms with Gasteiger partial charge in [0.15, 0.2) is 5.17 Å². The number of nitrogens with one attached hydrogen (secondary N) is 1. The van der Waals surface area contributed by atoms with Crippen LogP contribution in [0.2, 0.25) is 0 Å². The smallest absolute Gasteiger partial charge is 0.161 e.